The van der Waals surface area contributed by atoms with E-state index < -0.39 is 0 Å². The molecule has 0 unspecified atom stereocenters. The number of hydrogen-bond donors (Lipinski definition) is 0. The number of rotatable bonds is 5. The number of amides is 1. The van der Waals surface area contributed by atoms with E-state index in [2.05, 4.69) is 43.0 Å². The maximum absolute atomic E-state index is 12.3. The molecular formula is C17H26N2O. The van der Waals surface area contributed by atoms with Gasteiger partial charge in [0, 0.05) is 26.2 Å². The van der Waals surface area contributed by atoms with Crippen molar-refractivity contribution in [1.29, 1.82) is 0 Å². The summed E-state index contributed by atoms with van der Waals surface area (Å²) in [4.78, 5) is 16.8. The lowest BCUT2D eigenvalue weighted by atomic mass is 10.1. The second kappa shape index (κ2) is 7.44. The minimum absolute atomic E-state index is 0.268. The van der Waals surface area contributed by atoms with Gasteiger partial charge in [0.25, 0.3) is 0 Å². The van der Waals surface area contributed by atoms with Gasteiger partial charge in [0.2, 0.25) is 5.91 Å². The molecule has 1 aromatic rings. The highest BCUT2D eigenvalue weighted by molar-refractivity contribution is 5.78. The van der Waals surface area contributed by atoms with Crippen LogP contribution in [0, 0.1) is 6.92 Å². The molecule has 20 heavy (non-hydrogen) atoms. The summed E-state index contributed by atoms with van der Waals surface area (Å²) < 4.78 is 0. The first-order valence-corrected chi connectivity index (χ1v) is 7.74. The summed E-state index contributed by atoms with van der Waals surface area (Å²) in [6.07, 6.45) is 3.04. The molecule has 2 rings (SSSR count). The van der Waals surface area contributed by atoms with Gasteiger partial charge in [-0.1, -0.05) is 43.2 Å². The number of nitrogens with zero attached hydrogens (tertiary/aromatic N) is 2. The van der Waals surface area contributed by atoms with Gasteiger partial charge in [0.1, 0.15) is 0 Å². The lowest BCUT2D eigenvalue weighted by Crippen LogP contribution is -2.49. The third kappa shape index (κ3) is 4.34. The number of carbonyl (C=O) groups is 1. The summed E-state index contributed by atoms with van der Waals surface area (Å²) in [6, 6.07) is 8.27. The quantitative estimate of drug-likeness (QED) is 0.823. The molecule has 0 aliphatic carbocycles. The summed E-state index contributed by atoms with van der Waals surface area (Å²) >= 11 is 0. The molecule has 0 atom stereocenters. The summed E-state index contributed by atoms with van der Waals surface area (Å²) in [5.74, 6) is 0.268. The lowest BCUT2D eigenvalue weighted by Gasteiger charge is -2.34. The van der Waals surface area contributed by atoms with E-state index in [-0.39, 0.29) is 5.91 Å². The predicted molar refractivity (Wildman–Crippen MR) is 82.8 cm³/mol. The molecule has 1 aliphatic heterocycles. The van der Waals surface area contributed by atoms with Crippen LogP contribution in [0.15, 0.2) is 24.3 Å². The van der Waals surface area contributed by atoms with Crippen LogP contribution in [0.2, 0.25) is 0 Å². The van der Waals surface area contributed by atoms with Crippen molar-refractivity contribution in [2.24, 2.45) is 0 Å². The number of hydrogen-bond acceptors (Lipinski definition) is 2. The molecule has 0 N–H and O–H groups in total. The number of unbranched alkanes of at least 4 members (excludes halogenated alkanes) is 1. The summed E-state index contributed by atoms with van der Waals surface area (Å²) in [7, 11) is 0. The highest BCUT2D eigenvalue weighted by Gasteiger charge is 2.20. The third-order valence-electron chi connectivity index (χ3n) is 4.03. The predicted octanol–water partition coefficient (Wildman–Crippen LogP) is 2.48. The fourth-order valence-corrected chi connectivity index (χ4v) is 2.59. The highest BCUT2D eigenvalue weighted by atomic mass is 16.2. The Morgan fingerprint density at radius 1 is 1.10 bits per heavy atom. The molecule has 3 heteroatoms. The first-order valence-electron chi connectivity index (χ1n) is 7.74. The molecule has 1 aliphatic rings. The second-order valence-electron chi connectivity index (χ2n) is 5.74. The van der Waals surface area contributed by atoms with Crippen molar-refractivity contribution >= 4 is 5.91 Å². The maximum Gasteiger partial charge on any atom is 0.227 e. The lowest BCUT2D eigenvalue weighted by molar-refractivity contribution is -0.132. The topological polar surface area (TPSA) is 23.6 Å². The number of aryl methyl sites for hydroxylation is 1. The Morgan fingerprint density at radius 3 is 2.35 bits per heavy atom. The van der Waals surface area contributed by atoms with E-state index in [1.807, 2.05) is 4.90 Å². The Bertz CT molecular complexity index is 419. The van der Waals surface area contributed by atoms with Gasteiger partial charge >= 0.3 is 0 Å². The van der Waals surface area contributed by atoms with Gasteiger partial charge in [-0.2, -0.15) is 0 Å². The van der Waals surface area contributed by atoms with E-state index in [1.165, 1.54) is 24.9 Å². The molecule has 3 nitrogen and oxygen atoms in total. The van der Waals surface area contributed by atoms with Crippen LogP contribution < -0.4 is 0 Å². The highest BCUT2D eigenvalue weighted by Crippen LogP contribution is 2.09. The maximum atomic E-state index is 12.3. The molecular weight excluding hydrogens is 248 g/mol. The molecule has 1 heterocycles. The van der Waals surface area contributed by atoms with Crippen LogP contribution in [0.5, 0.6) is 0 Å². The minimum atomic E-state index is 0.268. The molecule has 0 spiro atoms. The van der Waals surface area contributed by atoms with Gasteiger partial charge in [-0.05, 0) is 25.5 Å². The molecule has 1 amide bonds. The molecule has 0 saturated carbocycles. The van der Waals surface area contributed by atoms with Crippen molar-refractivity contribution in [3.8, 4) is 0 Å². The fraction of sp³-hybridized carbons (Fsp3) is 0.588. The zero-order valence-corrected chi connectivity index (χ0v) is 12.8. The van der Waals surface area contributed by atoms with Crippen molar-refractivity contribution < 1.29 is 4.79 Å². The van der Waals surface area contributed by atoms with Gasteiger partial charge in [-0.25, -0.2) is 0 Å². The van der Waals surface area contributed by atoms with E-state index >= 15 is 0 Å². The fourth-order valence-electron chi connectivity index (χ4n) is 2.59. The average molecular weight is 274 g/mol. The van der Waals surface area contributed by atoms with Gasteiger partial charge in [0.15, 0.2) is 0 Å². The van der Waals surface area contributed by atoms with Gasteiger partial charge < -0.3 is 4.90 Å². The van der Waals surface area contributed by atoms with Crippen molar-refractivity contribution in [3.05, 3.63) is 35.4 Å². The molecule has 0 radical (unpaired) electrons. The summed E-state index contributed by atoms with van der Waals surface area (Å²) in [6.45, 7) is 9.29. The van der Waals surface area contributed by atoms with E-state index in [0.29, 0.717) is 6.42 Å². The Kier molecular flexibility index (Phi) is 5.60. The molecule has 0 bridgehead atoms. The van der Waals surface area contributed by atoms with Crippen LogP contribution in [-0.2, 0) is 11.2 Å². The van der Waals surface area contributed by atoms with Crippen LogP contribution in [0.3, 0.4) is 0 Å². The Balaban J connectivity index is 1.78. The van der Waals surface area contributed by atoms with E-state index in [0.717, 1.165) is 31.7 Å². The Morgan fingerprint density at radius 2 is 1.75 bits per heavy atom. The average Bonchev–Trinajstić information content (AvgIpc) is 2.48. The normalized spacial score (nSPS) is 16.4. The monoisotopic (exact) mass is 274 g/mol. The smallest absolute Gasteiger partial charge is 0.227 e. The van der Waals surface area contributed by atoms with Crippen LogP contribution in [-0.4, -0.2) is 48.4 Å². The molecule has 1 aromatic carbocycles. The van der Waals surface area contributed by atoms with E-state index in [4.69, 9.17) is 0 Å². The first-order chi connectivity index (χ1) is 9.69. The van der Waals surface area contributed by atoms with Crippen molar-refractivity contribution in [1.82, 2.24) is 9.80 Å². The van der Waals surface area contributed by atoms with E-state index in [1.54, 1.807) is 0 Å². The van der Waals surface area contributed by atoms with Crippen LogP contribution >= 0.6 is 0 Å². The Hall–Kier alpha value is -1.35. The van der Waals surface area contributed by atoms with Gasteiger partial charge in [-0.3, -0.25) is 9.69 Å². The van der Waals surface area contributed by atoms with Gasteiger partial charge in [0.05, 0.1) is 6.42 Å². The SMILES string of the molecule is CCCCN1CCN(C(=O)Cc2ccc(C)cc2)CC1. The molecule has 1 saturated heterocycles. The first kappa shape index (κ1) is 15.0. The van der Waals surface area contributed by atoms with Crippen LogP contribution in [0.25, 0.3) is 0 Å². The zero-order chi connectivity index (χ0) is 14.4. The standard InChI is InChI=1S/C17H26N2O/c1-3-4-9-18-10-12-19(13-11-18)17(20)14-16-7-5-15(2)6-8-16/h5-8H,3-4,9-14H2,1-2H3. The molecule has 110 valence electrons. The minimum Gasteiger partial charge on any atom is -0.340 e. The number of carbonyl (C=O) groups excluding carboxylic acids is 1. The summed E-state index contributed by atoms with van der Waals surface area (Å²) in [5.41, 5.74) is 2.36. The summed E-state index contributed by atoms with van der Waals surface area (Å²) in [5, 5.41) is 0. The number of piperazine rings is 1. The molecule has 0 aromatic heterocycles. The molecule has 1 fully saturated rings. The van der Waals surface area contributed by atoms with Crippen molar-refractivity contribution in [3.63, 3.8) is 0 Å². The zero-order valence-electron chi connectivity index (χ0n) is 12.8. The van der Waals surface area contributed by atoms with Crippen LogP contribution in [0.1, 0.15) is 30.9 Å². The number of benzene rings is 1. The van der Waals surface area contributed by atoms with E-state index in [9.17, 15) is 4.79 Å². The largest absolute Gasteiger partial charge is 0.340 e. The Labute approximate surface area is 122 Å². The van der Waals surface area contributed by atoms with Crippen molar-refractivity contribution in [2.45, 2.75) is 33.1 Å². The third-order valence-corrected chi connectivity index (χ3v) is 4.03. The van der Waals surface area contributed by atoms with Crippen LogP contribution in [0.4, 0.5) is 0 Å². The van der Waals surface area contributed by atoms with Gasteiger partial charge in [-0.15, -0.1) is 0 Å². The second-order valence-corrected chi connectivity index (χ2v) is 5.74. The van der Waals surface area contributed by atoms with Crippen molar-refractivity contribution in [2.75, 3.05) is 32.7 Å².